The zero-order valence-electron chi connectivity index (χ0n) is 13.9. The van der Waals surface area contributed by atoms with E-state index in [9.17, 15) is 0 Å². The van der Waals surface area contributed by atoms with Gasteiger partial charge in [0, 0.05) is 32.1 Å². The first-order valence-electron chi connectivity index (χ1n) is 7.79. The first kappa shape index (κ1) is 16.8. The maximum absolute atomic E-state index is 5.41. The van der Waals surface area contributed by atoms with Crippen molar-refractivity contribution >= 4 is 5.96 Å². The summed E-state index contributed by atoms with van der Waals surface area (Å²) < 4.78 is 7.25. The Bertz CT molecular complexity index is 637. The molecule has 2 heterocycles. The first-order valence-corrected chi connectivity index (χ1v) is 7.79. The fourth-order valence-electron chi connectivity index (χ4n) is 2.04. The zero-order chi connectivity index (χ0) is 16.5. The van der Waals surface area contributed by atoms with E-state index < -0.39 is 0 Å². The van der Waals surface area contributed by atoms with Gasteiger partial charge in [-0.3, -0.25) is 4.68 Å². The lowest BCUT2D eigenvalue weighted by Crippen LogP contribution is -2.37. The highest BCUT2D eigenvalue weighted by molar-refractivity contribution is 5.79. The second kappa shape index (κ2) is 8.77. The fraction of sp³-hybridized carbons (Fsp3) is 0.438. The quantitative estimate of drug-likeness (QED) is 0.597. The second-order valence-corrected chi connectivity index (χ2v) is 4.93. The SMILES string of the molecule is CCNC(=NCc1ccnc(OCC)c1)NCc1ccnn1C. The lowest BCUT2D eigenvalue weighted by molar-refractivity contribution is 0.326. The van der Waals surface area contributed by atoms with Crippen molar-refractivity contribution in [3.8, 4) is 5.88 Å². The van der Waals surface area contributed by atoms with Gasteiger partial charge in [0.1, 0.15) is 0 Å². The molecule has 2 aromatic heterocycles. The van der Waals surface area contributed by atoms with Gasteiger partial charge in [-0.1, -0.05) is 0 Å². The van der Waals surface area contributed by atoms with Crippen LogP contribution in [0.2, 0.25) is 0 Å². The number of rotatable bonds is 7. The van der Waals surface area contributed by atoms with Gasteiger partial charge in [-0.05, 0) is 31.5 Å². The molecule has 0 saturated carbocycles. The molecule has 0 bridgehead atoms. The molecule has 0 aliphatic heterocycles. The van der Waals surface area contributed by atoms with E-state index in [4.69, 9.17) is 4.74 Å². The Morgan fingerprint density at radius 2 is 2.13 bits per heavy atom. The summed E-state index contributed by atoms with van der Waals surface area (Å²) in [4.78, 5) is 8.76. The Kier molecular flexibility index (Phi) is 6.40. The molecule has 0 fully saturated rings. The average molecular weight is 316 g/mol. The number of pyridine rings is 1. The number of guanidine groups is 1. The Morgan fingerprint density at radius 3 is 2.83 bits per heavy atom. The Morgan fingerprint density at radius 1 is 1.26 bits per heavy atom. The van der Waals surface area contributed by atoms with Gasteiger partial charge in [0.2, 0.25) is 5.88 Å². The van der Waals surface area contributed by atoms with Crippen LogP contribution in [-0.2, 0) is 20.1 Å². The highest BCUT2D eigenvalue weighted by Crippen LogP contribution is 2.10. The maximum Gasteiger partial charge on any atom is 0.213 e. The van der Waals surface area contributed by atoms with E-state index in [0.29, 0.717) is 25.6 Å². The molecule has 0 unspecified atom stereocenters. The number of hydrogen-bond donors (Lipinski definition) is 2. The van der Waals surface area contributed by atoms with Crippen LogP contribution in [-0.4, -0.2) is 33.9 Å². The molecule has 0 atom stereocenters. The molecule has 7 nitrogen and oxygen atoms in total. The Balaban J connectivity index is 1.97. The van der Waals surface area contributed by atoms with Gasteiger partial charge in [0.25, 0.3) is 0 Å². The maximum atomic E-state index is 5.41. The second-order valence-electron chi connectivity index (χ2n) is 4.93. The van der Waals surface area contributed by atoms with E-state index >= 15 is 0 Å². The van der Waals surface area contributed by atoms with Crippen molar-refractivity contribution in [2.45, 2.75) is 26.9 Å². The van der Waals surface area contributed by atoms with E-state index in [1.54, 1.807) is 12.4 Å². The third-order valence-electron chi connectivity index (χ3n) is 3.21. The number of nitrogens with zero attached hydrogens (tertiary/aromatic N) is 4. The Labute approximate surface area is 136 Å². The molecule has 2 rings (SSSR count). The Hall–Kier alpha value is -2.57. The normalized spacial score (nSPS) is 11.3. The summed E-state index contributed by atoms with van der Waals surface area (Å²) in [6.07, 6.45) is 3.53. The van der Waals surface area contributed by atoms with Crippen LogP contribution in [0.4, 0.5) is 0 Å². The van der Waals surface area contributed by atoms with E-state index in [1.807, 2.05) is 43.8 Å². The van der Waals surface area contributed by atoms with Gasteiger partial charge in [0.15, 0.2) is 5.96 Å². The molecule has 0 saturated heterocycles. The fourth-order valence-corrected chi connectivity index (χ4v) is 2.04. The molecule has 0 radical (unpaired) electrons. The van der Waals surface area contributed by atoms with Crippen LogP contribution in [0, 0.1) is 0 Å². The van der Waals surface area contributed by atoms with E-state index in [-0.39, 0.29) is 0 Å². The molecule has 0 aliphatic carbocycles. The minimum Gasteiger partial charge on any atom is -0.478 e. The summed E-state index contributed by atoms with van der Waals surface area (Å²) in [6, 6.07) is 5.84. The number of ether oxygens (including phenoxy) is 1. The van der Waals surface area contributed by atoms with Crippen LogP contribution in [0.3, 0.4) is 0 Å². The van der Waals surface area contributed by atoms with Crippen molar-refractivity contribution in [1.29, 1.82) is 0 Å². The highest BCUT2D eigenvalue weighted by atomic mass is 16.5. The molecule has 0 amide bonds. The lowest BCUT2D eigenvalue weighted by Gasteiger charge is -2.11. The molecule has 7 heteroatoms. The van der Waals surface area contributed by atoms with Crippen LogP contribution in [0.5, 0.6) is 5.88 Å². The van der Waals surface area contributed by atoms with Crippen molar-refractivity contribution in [2.75, 3.05) is 13.2 Å². The molecular formula is C16H24N6O. The molecule has 2 aromatic rings. The summed E-state index contributed by atoms with van der Waals surface area (Å²) in [7, 11) is 1.92. The van der Waals surface area contributed by atoms with Crippen LogP contribution in [0.25, 0.3) is 0 Å². The van der Waals surface area contributed by atoms with E-state index in [2.05, 4.69) is 25.7 Å². The number of aliphatic imine (C=N–C) groups is 1. The molecular weight excluding hydrogens is 292 g/mol. The number of aromatic nitrogens is 3. The van der Waals surface area contributed by atoms with Crippen LogP contribution < -0.4 is 15.4 Å². The highest BCUT2D eigenvalue weighted by Gasteiger charge is 2.02. The summed E-state index contributed by atoms with van der Waals surface area (Å²) in [5.74, 6) is 1.40. The van der Waals surface area contributed by atoms with Gasteiger partial charge < -0.3 is 15.4 Å². The topological polar surface area (TPSA) is 76.4 Å². The molecule has 0 aliphatic rings. The van der Waals surface area contributed by atoms with Crippen molar-refractivity contribution in [3.63, 3.8) is 0 Å². The van der Waals surface area contributed by atoms with Gasteiger partial charge in [-0.25, -0.2) is 9.98 Å². The van der Waals surface area contributed by atoms with Gasteiger partial charge in [-0.15, -0.1) is 0 Å². The van der Waals surface area contributed by atoms with Gasteiger partial charge in [-0.2, -0.15) is 5.10 Å². The number of hydrogen-bond acceptors (Lipinski definition) is 4. The van der Waals surface area contributed by atoms with Crippen molar-refractivity contribution in [1.82, 2.24) is 25.4 Å². The largest absolute Gasteiger partial charge is 0.478 e. The van der Waals surface area contributed by atoms with Crippen LogP contribution >= 0.6 is 0 Å². The van der Waals surface area contributed by atoms with Gasteiger partial charge >= 0.3 is 0 Å². The van der Waals surface area contributed by atoms with Crippen molar-refractivity contribution < 1.29 is 4.74 Å². The predicted octanol–water partition coefficient (Wildman–Crippen LogP) is 1.47. The minimum absolute atomic E-state index is 0.559. The summed E-state index contributed by atoms with van der Waals surface area (Å²) in [5, 5.41) is 10.7. The third kappa shape index (κ3) is 5.28. The van der Waals surface area contributed by atoms with Gasteiger partial charge in [0.05, 0.1) is 25.4 Å². The summed E-state index contributed by atoms with van der Waals surface area (Å²) in [6.45, 7) is 6.62. The van der Waals surface area contributed by atoms with E-state index in [0.717, 1.165) is 23.8 Å². The predicted molar refractivity (Wildman–Crippen MR) is 90.3 cm³/mol. The van der Waals surface area contributed by atoms with Crippen LogP contribution in [0.15, 0.2) is 35.6 Å². The molecule has 0 aromatic carbocycles. The standard InChI is InChI=1S/C16H24N6O/c1-4-17-16(20-12-14-7-9-21-22(14)3)19-11-13-6-8-18-15(10-13)23-5-2/h6-10H,4-5,11-12H2,1-3H3,(H2,17,19,20). The van der Waals surface area contributed by atoms with Crippen molar-refractivity contribution in [2.24, 2.45) is 12.0 Å². The number of aryl methyl sites for hydroxylation is 1. The number of nitrogens with one attached hydrogen (secondary N) is 2. The summed E-state index contributed by atoms with van der Waals surface area (Å²) >= 11 is 0. The van der Waals surface area contributed by atoms with Crippen molar-refractivity contribution in [3.05, 3.63) is 41.9 Å². The monoisotopic (exact) mass is 316 g/mol. The minimum atomic E-state index is 0.559. The molecule has 124 valence electrons. The average Bonchev–Trinajstić information content (AvgIpc) is 2.96. The molecule has 0 spiro atoms. The van der Waals surface area contributed by atoms with E-state index in [1.165, 1.54) is 0 Å². The zero-order valence-corrected chi connectivity index (χ0v) is 13.9. The smallest absolute Gasteiger partial charge is 0.213 e. The van der Waals surface area contributed by atoms with Crippen LogP contribution in [0.1, 0.15) is 25.1 Å². The molecule has 23 heavy (non-hydrogen) atoms. The first-order chi connectivity index (χ1) is 11.2. The summed E-state index contributed by atoms with van der Waals surface area (Å²) in [5.41, 5.74) is 2.15. The third-order valence-corrected chi connectivity index (χ3v) is 3.21. The molecule has 2 N–H and O–H groups in total. The lowest BCUT2D eigenvalue weighted by atomic mass is 10.3.